The van der Waals surface area contributed by atoms with Gasteiger partial charge in [0.2, 0.25) is 5.91 Å². The molecule has 1 aromatic rings. The molecule has 4 amide bonds. The summed E-state index contributed by atoms with van der Waals surface area (Å²) in [6.45, 7) is -0.291. The molecular formula is C16H21N5O3. The van der Waals surface area contributed by atoms with Gasteiger partial charge in [-0.2, -0.15) is 0 Å². The van der Waals surface area contributed by atoms with E-state index in [1.54, 1.807) is 19.2 Å². The lowest BCUT2D eigenvalue weighted by Gasteiger charge is -2.30. The van der Waals surface area contributed by atoms with Gasteiger partial charge in [-0.3, -0.25) is 14.5 Å². The largest absolute Gasteiger partial charge is 0.373 e. The van der Waals surface area contributed by atoms with Crippen LogP contribution in [0, 0.1) is 0 Å². The zero-order valence-corrected chi connectivity index (χ0v) is 13.6. The van der Waals surface area contributed by atoms with E-state index < -0.39 is 17.5 Å². The van der Waals surface area contributed by atoms with E-state index in [1.807, 2.05) is 0 Å². The number of imide groups is 1. The van der Waals surface area contributed by atoms with Crippen LogP contribution in [0.5, 0.6) is 0 Å². The third kappa shape index (κ3) is 3.04. The Morgan fingerprint density at radius 2 is 2.04 bits per heavy atom. The number of amides is 4. The molecule has 1 spiro atoms. The molecule has 0 aromatic carbocycles. The number of pyridine rings is 1. The summed E-state index contributed by atoms with van der Waals surface area (Å²) in [6, 6.07) is 2.94. The van der Waals surface area contributed by atoms with Gasteiger partial charge in [-0.25, -0.2) is 9.78 Å². The summed E-state index contributed by atoms with van der Waals surface area (Å²) in [4.78, 5) is 42.0. The predicted molar refractivity (Wildman–Crippen MR) is 88.5 cm³/mol. The van der Waals surface area contributed by atoms with Crippen molar-refractivity contribution in [1.29, 1.82) is 0 Å². The van der Waals surface area contributed by atoms with Gasteiger partial charge >= 0.3 is 6.03 Å². The number of nitrogens with zero attached hydrogens (tertiary/aromatic N) is 2. The lowest BCUT2D eigenvalue weighted by molar-refractivity contribution is -0.134. The van der Waals surface area contributed by atoms with Crippen molar-refractivity contribution in [2.75, 3.05) is 24.2 Å². The van der Waals surface area contributed by atoms with Crippen LogP contribution in [0.3, 0.4) is 0 Å². The van der Waals surface area contributed by atoms with E-state index in [-0.39, 0.29) is 12.5 Å². The van der Waals surface area contributed by atoms with Crippen molar-refractivity contribution in [2.24, 2.45) is 0 Å². The first kappa shape index (κ1) is 16.2. The molecule has 1 aliphatic heterocycles. The van der Waals surface area contributed by atoms with Crippen LogP contribution < -0.4 is 16.0 Å². The van der Waals surface area contributed by atoms with E-state index in [9.17, 15) is 14.4 Å². The number of carbonyl (C=O) groups excluding carboxylic acids is 3. The molecule has 1 saturated heterocycles. The number of anilines is 2. The maximum Gasteiger partial charge on any atom is 0.325 e. The molecule has 0 bridgehead atoms. The van der Waals surface area contributed by atoms with Crippen molar-refractivity contribution in [2.45, 2.75) is 37.6 Å². The van der Waals surface area contributed by atoms with Crippen LogP contribution in [-0.4, -0.2) is 46.9 Å². The standard InChI is InChI=1S/C16H21N5O3/c1-17-12-6-5-11(9-18-12)19-13(22)10-21-14(23)16(20-15(21)24)7-3-2-4-8-16/h5-6,9H,2-4,7-8,10H2,1H3,(H,17,18)(H,19,22)(H,20,24). The second kappa shape index (κ2) is 6.46. The van der Waals surface area contributed by atoms with E-state index in [4.69, 9.17) is 0 Å². The predicted octanol–water partition coefficient (Wildman–Crippen LogP) is 1.32. The summed E-state index contributed by atoms with van der Waals surface area (Å²) in [6.07, 6.45) is 5.69. The van der Waals surface area contributed by atoms with Crippen LogP contribution in [0.4, 0.5) is 16.3 Å². The fourth-order valence-corrected chi connectivity index (χ4v) is 3.27. The highest BCUT2D eigenvalue weighted by Gasteiger charge is 2.51. The van der Waals surface area contributed by atoms with E-state index in [1.165, 1.54) is 6.20 Å². The second-order valence-corrected chi connectivity index (χ2v) is 6.19. The summed E-state index contributed by atoms with van der Waals surface area (Å²) in [5.74, 6) is -0.0299. The van der Waals surface area contributed by atoms with E-state index in [2.05, 4.69) is 20.9 Å². The van der Waals surface area contributed by atoms with Crippen molar-refractivity contribution in [3.63, 3.8) is 0 Å². The quantitative estimate of drug-likeness (QED) is 0.722. The Labute approximate surface area is 140 Å². The first-order valence-corrected chi connectivity index (χ1v) is 8.12. The Balaban J connectivity index is 1.63. The molecule has 1 saturated carbocycles. The minimum Gasteiger partial charge on any atom is -0.373 e. The zero-order valence-electron chi connectivity index (χ0n) is 13.6. The third-order valence-electron chi connectivity index (χ3n) is 4.56. The highest BCUT2D eigenvalue weighted by atomic mass is 16.2. The molecular weight excluding hydrogens is 310 g/mol. The summed E-state index contributed by atoms with van der Waals surface area (Å²) >= 11 is 0. The Morgan fingerprint density at radius 1 is 1.29 bits per heavy atom. The fourth-order valence-electron chi connectivity index (χ4n) is 3.27. The Hall–Kier alpha value is -2.64. The molecule has 24 heavy (non-hydrogen) atoms. The molecule has 0 atom stereocenters. The van der Waals surface area contributed by atoms with Gasteiger partial charge < -0.3 is 16.0 Å². The Morgan fingerprint density at radius 3 is 2.67 bits per heavy atom. The van der Waals surface area contributed by atoms with E-state index in [0.29, 0.717) is 24.3 Å². The molecule has 3 N–H and O–H groups in total. The maximum absolute atomic E-state index is 12.6. The highest BCUT2D eigenvalue weighted by Crippen LogP contribution is 2.33. The topological polar surface area (TPSA) is 103 Å². The normalized spacial score (nSPS) is 19.3. The van der Waals surface area contributed by atoms with Crippen LogP contribution in [0.15, 0.2) is 18.3 Å². The average molecular weight is 331 g/mol. The number of rotatable bonds is 4. The number of urea groups is 1. The molecule has 0 radical (unpaired) electrons. The summed E-state index contributed by atoms with van der Waals surface area (Å²) in [7, 11) is 1.75. The molecule has 3 rings (SSSR count). The van der Waals surface area contributed by atoms with Gasteiger partial charge in [0, 0.05) is 7.05 Å². The summed E-state index contributed by atoms with van der Waals surface area (Å²) in [5.41, 5.74) is -0.288. The second-order valence-electron chi connectivity index (χ2n) is 6.19. The molecule has 0 unspecified atom stereocenters. The van der Waals surface area contributed by atoms with Crippen molar-refractivity contribution in [3.8, 4) is 0 Å². The maximum atomic E-state index is 12.6. The molecule has 2 aliphatic rings. The molecule has 128 valence electrons. The van der Waals surface area contributed by atoms with Gasteiger partial charge in [-0.1, -0.05) is 19.3 Å². The molecule has 1 aliphatic carbocycles. The Kier molecular flexibility index (Phi) is 4.37. The lowest BCUT2D eigenvalue weighted by Crippen LogP contribution is -2.48. The number of nitrogens with one attached hydrogen (secondary N) is 3. The molecule has 8 heteroatoms. The average Bonchev–Trinajstić information content (AvgIpc) is 2.80. The van der Waals surface area contributed by atoms with Crippen LogP contribution >= 0.6 is 0 Å². The molecule has 1 aromatic heterocycles. The Bertz CT molecular complexity index is 652. The van der Waals surface area contributed by atoms with Crippen LogP contribution in [0.1, 0.15) is 32.1 Å². The minimum atomic E-state index is -0.800. The molecule has 8 nitrogen and oxygen atoms in total. The lowest BCUT2D eigenvalue weighted by atomic mass is 9.82. The fraction of sp³-hybridized carbons (Fsp3) is 0.500. The van der Waals surface area contributed by atoms with Crippen molar-refractivity contribution in [3.05, 3.63) is 18.3 Å². The first-order valence-electron chi connectivity index (χ1n) is 8.12. The smallest absolute Gasteiger partial charge is 0.325 e. The van der Waals surface area contributed by atoms with E-state index in [0.717, 1.165) is 24.2 Å². The number of hydrogen-bond acceptors (Lipinski definition) is 5. The summed E-state index contributed by atoms with van der Waals surface area (Å²) < 4.78 is 0. The van der Waals surface area contributed by atoms with E-state index >= 15 is 0 Å². The van der Waals surface area contributed by atoms with Crippen molar-refractivity contribution >= 4 is 29.4 Å². The number of hydrogen-bond donors (Lipinski definition) is 3. The van der Waals surface area contributed by atoms with Crippen molar-refractivity contribution < 1.29 is 14.4 Å². The zero-order chi connectivity index (χ0) is 17.2. The van der Waals surface area contributed by atoms with Gasteiger partial charge in [-0.15, -0.1) is 0 Å². The monoisotopic (exact) mass is 331 g/mol. The number of aromatic nitrogens is 1. The van der Waals surface area contributed by atoms with Crippen LogP contribution in [0.2, 0.25) is 0 Å². The van der Waals surface area contributed by atoms with Crippen molar-refractivity contribution in [1.82, 2.24) is 15.2 Å². The highest BCUT2D eigenvalue weighted by molar-refractivity contribution is 6.10. The number of carbonyl (C=O) groups is 3. The van der Waals surface area contributed by atoms with Crippen LogP contribution in [0.25, 0.3) is 0 Å². The first-order chi connectivity index (χ1) is 11.5. The summed E-state index contributed by atoms with van der Waals surface area (Å²) in [5, 5.41) is 8.32. The van der Waals surface area contributed by atoms with Gasteiger partial charge in [0.15, 0.2) is 0 Å². The van der Waals surface area contributed by atoms with Crippen LogP contribution in [-0.2, 0) is 9.59 Å². The van der Waals surface area contributed by atoms with Gasteiger partial charge in [0.25, 0.3) is 5.91 Å². The minimum absolute atomic E-state index is 0.286. The van der Waals surface area contributed by atoms with Gasteiger partial charge in [0.1, 0.15) is 17.9 Å². The third-order valence-corrected chi connectivity index (χ3v) is 4.56. The van der Waals surface area contributed by atoms with Gasteiger partial charge in [0.05, 0.1) is 11.9 Å². The molecule has 2 heterocycles. The SMILES string of the molecule is CNc1ccc(NC(=O)CN2C(=O)NC3(CCCCC3)C2=O)cn1. The molecule has 2 fully saturated rings. The van der Waals surface area contributed by atoms with Gasteiger partial charge in [-0.05, 0) is 25.0 Å².